The lowest BCUT2D eigenvalue weighted by molar-refractivity contribution is -0.118. The zero-order chi connectivity index (χ0) is 20.8. The fraction of sp³-hybridized carbons (Fsp3) is 0.261. The summed E-state index contributed by atoms with van der Waals surface area (Å²) in [6, 6.07) is 17.1. The van der Waals surface area contributed by atoms with Gasteiger partial charge in [0.1, 0.15) is 17.9 Å². The second kappa shape index (κ2) is 9.37. The van der Waals surface area contributed by atoms with Crippen LogP contribution in [0, 0.1) is 0 Å². The largest absolute Gasteiger partial charge is 0.497 e. The van der Waals surface area contributed by atoms with Gasteiger partial charge < -0.3 is 20.7 Å². The molecule has 3 aromatic rings. The molecule has 0 bridgehead atoms. The molecule has 0 aliphatic carbocycles. The van der Waals surface area contributed by atoms with Gasteiger partial charge in [0.15, 0.2) is 0 Å². The zero-order valence-electron chi connectivity index (χ0n) is 16.9. The highest BCUT2D eigenvalue weighted by Crippen LogP contribution is 2.24. The molecule has 7 nitrogen and oxygen atoms in total. The van der Waals surface area contributed by atoms with Crippen LogP contribution in [0.25, 0.3) is 11.3 Å². The lowest BCUT2D eigenvalue weighted by Crippen LogP contribution is -2.43. The van der Waals surface area contributed by atoms with Crippen molar-refractivity contribution in [2.45, 2.75) is 25.3 Å². The summed E-state index contributed by atoms with van der Waals surface area (Å²) in [5, 5.41) is 9.56. The van der Waals surface area contributed by atoms with E-state index in [0.717, 1.165) is 54.2 Å². The number of carbonyl (C=O) groups excluding carboxylic acids is 1. The molecule has 3 N–H and O–H groups in total. The number of amides is 1. The third kappa shape index (κ3) is 4.93. The Hall–Kier alpha value is -3.45. The summed E-state index contributed by atoms with van der Waals surface area (Å²) in [5.74, 6) is 1.48. The van der Waals surface area contributed by atoms with Crippen LogP contribution >= 0.6 is 0 Å². The average molecular weight is 403 g/mol. The zero-order valence-corrected chi connectivity index (χ0v) is 16.9. The van der Waals surface area contributed by atoms with E-state index < -0.39 is 0 Å². The van der Waals surface area contributed by atoms with Crippen LogP contribution in [0.4, 0.5) is 17.2 Å². The number of aromatic nitrogens is 2. The van der Waals surface area contributed by atoms with Gasteiger partial charge in [0.05, 0.1) is 18.8 Å². The van der Waals surface area contributed by atoms with E-state index in [4.69, 9.17) is 4.74 Å². The third-order valence-electron chi connectivity index (χ3n) is 5.08. The molecule has 7 heteroatoms. The van der Waals surface area contributed by atoms with E-state index in [-0.39, 0.29) is 11.9 Å². The topological polar surface area (TPSA) is 88.2 Å². The maximum Gasteiger partial charge on any atom is 0.241 e. The van der Waals surface area contributed by atoms with Crippen LogP contribution < -0.4 is 20.7 Å². The molecule has 0 spiro atoms. The Bertz CT molecular complexity index is 1000. The van der Waals surface area contributed by atoms with Crippen molar-refractivity contribution in [1.82, 2.24) is 15.3 Å². The summed E-state index contributed by atoms with van der Waals surface area (Å²) in [6.07, 6.45) is 4.61. The predicted molar refractivity (Wildman–Crippen MR) is 118 cm³/mol. The number of hydrogen-bond donors (Lipinski definition) is 3. The molecule has 1 aromatic heterocycles. The molecular weight excluding hydrogens is 378 g/mol. The first-order valence-corrected chi connectivity index (χ1v) is 10.1. The molecule has 1 atom stereocenters. The number of ether oxygens (including phenoxy) is 1. The molecular formula is C23H25N5O2. The number of hydrogen-bond acceptors (Lipinski definition) is 6. The fourth-order valence-corrected chi connectivity index (χ4v) is 3.47. The molecule has 0 radical (unpaired) electrons. The average Bonchev–Trinajstić information content (AvgIpc) is 2.80. The highest BCUT2D eigenvalue weighted by atomic mass is 16.5. The van der Waals surface area contributed by atoms with Crippen molar-refractivity contribution in [1.29, 1.82) is 0 Å². The minimum Gasteiger partial charge on any atom is -0.497 e. The molecule has 1 aliphatic rings. The van der Waals surface area contributed by atoms with Crippen LogP contribution in [0.3, 0.4) is 0 Å². The Kier molecular flexibility index (Phi) is 6.20. The molecule has 0 saturated carbocycles. The number of nitrogens with zero attached hydrogens (tertiary/aromatic N) is 2. The van der Waals surface area contributed by atoms with Crippen molar-refractivity contribution < 1.29 is 9.53 Å². The van der Waals surface area contributed by atoms with E-state index >= 15 is 0 Å². The molecule has 1 saturated heterocycles. The van der Waals surface area contributed by atoms with Gasteiger partial charge in [-0.15, -0.1) is 0 Å². The first-order valence-electron chi connectivity index (χ1n) is 10.1. The van der Waals surface area contributed by atoms with E-state index in [0.29, 0.717) is 5.82 Å². The van der Waals surface area contributed by atoms with Gasteiger partial charge in [-0.1, -0.05) is 12.5 Å². The summed E-state index contributed by atoms with van der Waals surface area (Å²) in [6.45, 7) is 0.893. The quantitative estimate of drug-likeness (QED) is 0.577. The summed E-state index contributed by atoms with van der Waals surface area (Å²) < 4.78 is 5.21. The number of carbonyl (C=O) groups is 1. The van der Waals surface area contributed by atoms with E-state index in [1.807, 2.05) is 54.6 Å². The Morgan fingerprint density at radius 2 is 1.90 bits per heavy atom. The fourth-order valence-electron chi connectivity index (χ4n) is 3.47. The van der Waals surface area contributed by atoms with E-state index in [1.165, 1.54) is 6.33 Å². The van der Waals surface area contributed by atoms with Gasteiger partial charge in [0.2, 0.25) is 5.91 Å². The molecule has 1 fully saturated rings. The molecule has 1 aliphatic heterocycles. The van der Waals surface area contributed by atoms with Gasteiger partial charge in [0, 0.05) is 23.0 Å². The number of rotatable bonds is 6. The van der Waals surface area contributed by atoms with Crippen molar-refractivity contribution in [2.75, 3.05) is 24.3 Å². The highest BCUT2D eigenvalue weighted by Gasteiger charge is 2.20. The standard InChI is InChI=1S/C23H25N5O2/c1-30-19-10-8-16(9-11-19)21-14-22(26-15-25-21)27-17-5-4-6-18(13-17)28-23(29)20-7-2-3-12-24-20/h4-6,8-11,13-15,20,24H,2-3,7,12H2,1H3,(H,28,29)(H,25,26,27)/t20-/m0/s1. The Labute approximate surface area is 175 Å². The van der Waals surface area contributed by atoms with Gasteiger partial charge >= 0.3 is 0 Å². The van der Waals surface area contributed by atoms with Gasteiger partial charge in [-0.2, -0.15) is 0 Å². The van der Waals surface area contributed by atoms with Gasteiger partial charge in [-0.05, 0) is 61.9 Å². The summed E-state index contributed by atoms with van der Waals surface area (Å²) in [7, 11) is 1.64. The maximum atomic E-state index is 12.5. The van der Waals surface area contributed by atoms with Crippen LogP contribution in [0.5, 0.6) is 5.75 Å². The SMILES string of the molecule is COc1ccc(-c2cc(Nc3cccc(NC(=O)[C@@H]4CCCCN4)c3)ncn2)cc1. The smallest absolute Gasteiger partial charge is 0.241 e. The van der Waals surface area contributed by atoms with Crippen molar-refractivity contribution in [3.8, 4) is 17.0 Å². The minimum absolute atomic E-state index is 0.00989. The molecule has 2 heterocycles. The van der Waals surface area contributed by atoms with Crippen molar-refractivity contribution in [3.63, 3.8) is 0 Å². The maximum absolute atomic E-state index is 12.5. The van der Waals surface area contributed by atoms with Crippen LogP contribution in [-0.4, -0.2) is 35.6 Å². The molecule has 0 unspecified atom stereocenters. The Balaban J connectivity index is 1.45. The number of anilines is 3. The number of benzene rings is 2. The monoisotopic (exact) mass is 403 g/mol. The summed E-state index contributed by atoms with van der Waals surface area (Å²) in [5.41, 5.74) is 3.37. The minimum atomic E-state index is -0.121. The van der Waals surface area contributed by atoms with E-state index in [2.05, 4.69) is 25.9 Å². The van der Waals surface area contributed by atoms with Gasteiger partial charge in [-0.25, -0.2) is 9.97 Å². The second-order valence-corrected chi connectivity index (χ2v) is 7.21. The molecule has 30 heavy (non-hydrogen) atoms. The van der Waals surface area contributed by atoms with Gasteiger partial charge in [0.25, 0.3) is 0 Å². The number of methoxy groups -OCH3 is 1. The summed E-state index contributed by atoms with van der Waals surface area (Å²) in [4.78, 5) is 21.1. The molecule has 1 amide bonds. The Morgan fingerprint density at radius 3 is 2.67 bits per heavy atom. The van der Waals surface area contributed by atoms with Crippen LogP contribution in [-0.2, 0) is 4.79 Å². The van der Waals surface area contributed by atoms with Crippen LogP contribution in [0.2, 0.25) is 0 Å². The lowest BCUT2D eigenvalue weighted by atomic mass is 10.0. The summed E-state index contributed by atoms with van der Waals surface area (Å²) >= 11 is 0. The lowest BCUT2D eigenvalue weighted by Gasteiger charge is -2.22. The van der Waals surface area contributed by atoms with Crippen molar-refractivity contribution >= 4 is 23.1 Å². The predicted octanol–water partition coefficient (Wildman–Crippen LogP) is 3.98. The van der Waals surface area contributed by atoms with Gasteiger partial charge in [-0.3, -0.25) is 4.79 Å². The third-order valence-corrected chi connectivity index (χ3v) is 5.08. The number of piperidine rings is 1. The van der Waals surface area contributed by atoms with Crippen molar-refractivity contribution in [3.05, 3.63) is 60.9 Å². The highest BCUT2D eigenvalue weighted by molar-refractivity contribution is 5.95. The number of nitrogens with one attached hydrogen (secondary N) is 3. The molecule has 2 aromatic carbocycles. The normalized spacial score (nSPS) is 16.0. The van der Waals surface area contributed by atoms with Crippen LogP contribution in [0.1, 0.15) is 19.3 Å². The van der Waals surface area contributed by atoms with E-state index in [1.54, 1.807) is 7.11 Å². The Morgan fingerprint density at radius 1 is 1.07 bits per heavy atom. The second-order valence-electron chi connectivity index (χ2n) is 7.21. The first kappa shape index (κ1) is 19.8. The van der Waals surface area contributed by atoms with Crippen molar-refractivity contribution in [2.24, 2.45) is 0 Å². The van der Waals surface area contributed by atoms with Crippen LogP contribution in [0.15, 0.2) is 60.9 Å². The molecule has 154 valence electrons. The van der Waals surface area contributed by atoms with E-state index in [9.17, 15) is 4.79 Å². The first-order chi connectivity index (χ1) is 14.7. The molecule has 4 rings (SSSR count).